The Bertz CT molecular complexity index is 1270. The molecule has 0 bridgehead atoms. The van der Waals surface area contributed by atoms with Gasteiger partial charge >= 0.3 is 0 Å². The molecule has 0 saturated heterocycles. The van der Waals surface area contributed by atoms with E-state index in [1.807, 2.05) is 96.1 Å². The van der Waals surface area contributed by atoms with Gasteiger partial charge in [-0.15, -0.1) is 0 Å². The molecule has 1 amide bonds. The molecule has 3 rings (SSSR count). The number of anilines is 1. The number of carbonyl (C=O) groups excluding carboxylic acids is 1. The number of aryl methyl sites for hydroxylation is 6. The predicted molar refractivity (Wildman–Crippen MR) is 143 cm³/mol. The van der Waals surface area contributed by atoms with Gasteiger partial charge in [-0.25, -0.2) is 8.42 Å². The van der Waals surface area contributed by atoms with E-state index in [2.05, 4.69) is 5.32 Å². The zero-order valence-electron chi connectivity index (χ0n) is 21.6. The van der Waals surface area contributed by atoms with Crippen molar-refractivity contribution in [3.8, 4) is 0 Å². The van der Waals surface area contributed by atoms with Gasteiger partial charge in [0, 0.05) is 12.2 Å². The first-order valence-electron chi connectivity index (χ1n) is 12.1. The first-order chi connectivity index (χ1) is 16.6. The maximum absolute atomic E-state index is 13.9. The Morgan fingerprint density at radius 2 is 1.37 bits per heavy atom. The molecule has 0 aliphatic rings. The summed E-state index contributed by atoms with van der Waals surface area (Å²) in [6.07, 6.45) is 1.55. The van der Waals surface area contributed by atoms with Gasteiger partial charge in [-0.05, 0) is 68.4 Å². The van der Waals surface area contributed by atoms with Crippen molar-refractivity contribution in [1.29, 1.82) is 0 Å². The van der Waals surface area contributed by atoms with Crippen LogP contribution in [0.15, 0.2) is 59.5 Å². The lowest BCUT2D eigenvalue weighted by Crippen LogP contribution is -2.38. The smallest absolute Gasteiger partial charge is 0.244 e. The van der Waals surface area contributed by atoms with E-state index in [1.165, 1.54) is 4.31 Å². The minimum atomic E-state index is -3.93. The van der Waals surface area contributed by atoms with Crippen molar-refractivity contribution in [3.63, 3.8) is 0 Å². The molecule has 0 radical (unpaired) electrons. The molecule has 0 fully saturated rings. The van der Waals surface area contributed by atoms with Crippen LogP contribution in [0.3, 0.4) is 0 Å². The topological polar surface area (TPSA) is 66.5 Å². The number of rotatable bonds is 9. The van der Waals surface area contributed by atoms with E-state index in [1.54, 1.807) is 0 Å². The minimum absolute atomic E-state index is 0.110. The first kappa shape index (κ1) is 26.6. The second-order valence-electron chi connectivity index (χ2n) is 9.19. The molecule has 0 unspecified atom stereocenters. The molecule has 3 aromatic carbocycles. The Labute approximate surface area is 210 Å². The summed E-state index contributed by atoms with van der Waals surface area (Å²) in [4.78, 5) is 13.6. The molecular weight excluding hydrogens is 456 g/mol. The van der Waals surface area contributed by atoms with Crippen LogP contribution in [0.4, 0.5) is 5.69 Å². The van der Waals surface area contributed by atoms with Crippen molar-refractivity contribution >= 4 is 21.6 Å². The molecule has 0 spiro atoms. The molecule has 0 atom stereocenters. The molecule has 0 aliphatic heterocycles. The zero-order chi connectivity index (χ0) is 25.8. The molecule has 3 aromatic rings. The van der Waals surface area contributed by atoms with E-state index in [0.717, 1.165) is 46.3 Å². The predicted octanol–water partition coefficient (Wildman–Crippen LogP) is 5.87. The fourth-order valence-corrected chi connectivity index (χ4v) is 6.36. The third-order valence-electron chi connectivity index (χ3n) is 6.27. The Balaban J connectivity index is 2.00. The Hall–Kier alpha value is -2.96. The van der Waals surface area contributed by atoms with Gasteiger partial charge in [0.15, 0.2) is 0 Å². The Kier molecular flexibility index (Phi) is 8.51. The highest BCUT2D eigenvalue weighted by Crippen LogP contribution is 2.27. The van der Waals surface area contributed by atoms with Gasteiger partial charge in [0.1, 0.15) is 0 Å². The van der Waals surface area contributed by atoms with Gasteiger partial charge in [0.25, 0.3) is 0 Å². The van der Waals surface area contributed by atoms with Crippen molar-refractivity contribution in [1.82, 2.24) is 4.31 Å². The Morgan fingerprint density at radius 1 is 0.829 bits per heavy atom. The number of hydrogen-bond acceptors (Lipinski definition) is 3. The van der Waals surface area contributed by atoms with Crippen molar-refractivity contribution < 1.29 is 13.2 Å². The summed E-state index contributed by atoms with van der Waals surface area (Å²) < 4.78 is 29.2. The normalized spacial score (nSPS) is 11.6. The second-order valence-corrected chi connectivity index (χ2v) is 11.1. The summed E-state index contributed by atoms with van der Waals surface area (Å²) in [6, 6.07) is 17.4. The molecule has 0 aliphatic carbocycles. The lowest BCUT2D eigenvalue weighted by molar-refractivity contribution is -0.116. The molecule has 0 heterocycles. The molecule has 1 N–H and O–H groups in total. The molecule has 186 valence electrons. The fraction of sp³-hybridized carbons (Fsp3) is 0.345. The number of hydrogen-bond donors (Lipinski definition) is 1. The highest BCUT2D eigenvalue weighted by atomic mass is 32.2. The summed E-state index contributed by atoms with van der Waals surface area (Å²) in [6.45, 7) is 11.5. The molecule has 6 heteroatoms. The van der Waals surface area contributed by atoms with Crippen LogP contribution in [-0.4, -0.2) is 25.2 Å². The Morgan fingerprint density at radius 3 is 1.89 bits per heavy atom. The quantitative estimate of drug-likeness (QED) is 0.406. The van der Waals surface area contributed by atoms with Crippen LogP contribution < -0.4 is 5.32 Å². The van der Waals surface area contributed by atoms with Gasteiger partial charge < -0.3 is 5.32 Å². The molecule has 0 saturated carbocycles. The van der Waals surface area contributed by atoms with E-state index in [-0.39, 0.29) is 23.9 Å². The van der Waals surface area contributed by atoms with Crippen LogP contribution >= 0.6 is 0 Å². The van der Waals surface area contributed by atoms with Crippen LogP contribution in [0.5, 0.6) is 0 Å². The van der Waals surface area contributed by atoms with Crippen molar-refractivity contribution in [3.05, 3.63) is 93.5 Å². The summed E-state index contributed by atoms with van der Waals surface area (Å²) >= 11 is 0. The average molecular weight is 493 g/mol. The van der Waals surface area contributed by atoms with E-state index >= 15 is 0 Å². The molecule has 0 aromatic heterocycles. The van der Waals surface area contributed by atoms with Gasteiger partial charge in [0.05, 0.1) is 11.4 Å². The lowest BCUT2D eigenvalue weighted by atomic mass is 10.0. The highest BCUT2D eigenvalue weighted by Gasteiger charge is 2.30. The van der Waals surface area contributed by atoms with Crippen molar-refractivity contribution in [2.24, 2.45) is 0 Å². The summed E-state index contributed by atoms with van der Waals surface area (Å²) in [7, 11) is -3.93. The second kappa shape index (κ2) is 11.2. The van der Waals surface area contributed by atoms with Crippen molar-refractivity contribution in [2.75, 3.05) is 11.9 Å². The molecule has 35 heavy (non-hydrogen) atoms. The highest BCUT2D eigenvalue weighted by molar-refractivity contribution is 7.89. The summed E-state index contributed by atoms with van der Waals surface area (Å²) in [5.41, 5.74) is 7.16. The molecular formula is C29H36N2O3S. The van der Waals surface area contributed by atoms with Crippen LogP contribution in [0.1, 0.15) is 52.8 Å². The molecule has 5 nitrogen and oxygen atoms in total. The number of carbonyl (C=O) groups is 1. The summed E-state index contributed by atoms with van der Waals surface area (Å²) in [5.74, 6) is -0.348. The zero-order valence-corrected chi connectivity index (χ0v) is 22.4. The fourth-order valence-electron chi connectivity index (χ4n) is 4.57. The number of nitrogens with one attached hydrogen (secondary N) is 1. The van der Waals surface area contributed by atoms with Crippen LogP contribution in [0, 0.1) is 27.7 Å². The SMILES string of the molecule is CCc1cccc(CC)c1NC(=O)CN(Cc1ccc(C)cc1)S(=O)(=O)c1c(C)cc(C)cc1C. The third-order valence-corrected chi connectivity index (χ3v) is 8.36. The van der Waals surface area contributed by atoms with Gasteiger partial charge in [0.2, 0.25) is 15.9 Å². The lowest BCUT2D eigenvalue weighted by Gasteiger charge is -2.25. The van der Waals surface area contributed by atoms with Crippen LogP contribution in [-0.2, 0) is 34.2 Å². The average Bonchev–Trinajstić information content (AvgIpc) is 2.79. The van der Waals surface area contributed by atoms with E-state index in [9.17, 15) is 13.2 Å². The van der Waals surface area contributed by atoms with E-state index in [4.69, 9.17) is 0 Å². The summed E-state index contributed by atoms with van der Waals surface area (Å²) in [5, 5.41) is 3.02. The monoisotopic (exact) mass is 492 g/mol. The maximum Gasteiger partial charge on any atom is 0.244 e. The van der Waals surface area contributed by atoms with Gasteiger partial charge in [-0.2, -0.15) is 4.31 Å². The van der Waals surface area contributed by atoms with Crippen LogP contribution in [0.2, 0.25) is 0 Å². The third kappa shape index (κ3) is 6.19. The number of para-hydroxylation sites is 1. The van der Waals surface area contributed by atoms with Crippen molar-refractivity contribution in [2.45, 2.75) is 65.8 Å². The minimum Gasteiger partial charge on any atom is -0.324 e. The number of nitrogens with zero attached hydrogens (tertiary/aromatic N) is 1. The van der Waals surface area contributed by atoms with Gasteiger partial charge in [-0.3, -0.25) is 4.79 Å². The van der Waals surface area contributed by atoms with Gasteiger partial charge in [-0.1, -0.05) is 79.6 Å². The number of amides is 1. The largest absolute Gasteiger partial charge is 0.324 e. The van der Waals surface area contributed by atoms with Crippen LogP contribution in [0.25, 0.3) is 0 Å². The van der Waals surface area contributed by atoms with E-state index in [0.29, 0.717) is 11.1 Å². The van der Waals surface area contributed by atoms with E-state index < -0.39 is 10.0 Å². The standard InChI is InChI=1S/C29H36N2O3S/c1-7-25-10-9-11-26(8-2)28(25)30-27(32)19-31(18-24-14-12-20(3)13-15-24)35(33,34)29-22(5)16-21(4)17-23(29)6/h9-17H,7-8,18-19H2,1-6H3,(H,30,32). The first-order valence-corrected chi connectivity index (χ1v) is 13.5. The maximum atomic E-state index is 13.9. The number of sulfonamides is 1. The number of benzene rings is 3.